The fourth-order valence-electron chi connectivity index (χ4n) is 3.21. The molecule has 160 valence electrons. The number of ether oxygens (including phenoxy) is 1. The van der Waals surface area contributed by atoms with Crippen LogP contribution in [0.25, 0.3) is 10.8 Å². The molecule has 0 fully saturated rings. The molecule has 0 aliphatic heterocycles. The Morgan fingerprint density at radius 3 is 2.50 bits per heavy atom. The third-order valence-corrected chi connectivity index (χ3v) is 4.83. The Morgan fingerprint density at radius 2 is 1.75 bits per heavy atom. The van der Waals surface area contributed by atoms with Gasteiger partial charge in [-0.1, -0.05) is 42.5 Å². The van der Waals surface area contributed by atoms with E-state index in [4.69, 9.17) is 4.74 Å². The van der Waals surface area contributed by atoms with Gasteiger partial charge >= 0.3 is 5.97 Å². The van der Waals surface area contributed by atoms with Crippen molar-refractivity contribution in [1.82, 2.24) is 9.78 Å². The van der Waals surface area contributed by atoms with Crippen molar-refractivity contribution >= 4 is 39.8 Å². The predicted molar refractivity (Wildman–Crippen MR) is 119 cm³/mol. The van der Waals surface area contributed by atoms with Gasteiger partial charge in [0.25, 0.3) is 5.91 Å². The van der Waals surface area contributed by atoms with Crippen LogP contribution in [0.3, 0.4) is 0 Å². The molecule has 0 aliphatic rings. The molecule has 0 aliphatic carbocycles. The van der Waals surface area contributed by atoms with E-state index in [0.29, 0.717) is 16.5 Å². The summed E-state index contributed by atoms with van der Waals surface area (Å²) in [4.78, 5) is 24.9. The van der Waals surface area contributed by atoms with E-state index < -0.39 is 11.9 Å². The number of phenols is 1. The van der Waals surface area contributed by atoms with Gasteiger partial charge in [-0.05, 0) is 23.6 Å². The second-order valence-electron chi connectivity index (χ2n) is 6.86. The zero-order chi connectivity index (χ0) is 22.7. The van der Waals surface area contributed by atoms with Crippen molar-refractivity contribution in [1.29, 1.82) is 0 Å². The topological polar surface area (TPSA) is 118 Å². The first-order chi connectivity index (χ1) is 15.5. The van der Waals surface area contributed by atoms with Gasteiger partial charge in [0, 0.05) is 18.1 Å². The van der Waals surface area contributed by atoms with E-state index >= 15 is 0 Å². The molecule has 2 N–H and O–H groups in total. The van der Waals surface area contributed by atoms with Crippen molar-refractivity contribution in [3.63, 3.8) is 0 Å². The number of benzene rings is 3. The van der Waals surface area contributed by atoms with E-state index in [9.17, 15) is 14.7 Å². The Balaban J connectivity index is 1.80. The maximum Gasteiger partial charge on any atom is 0.343 e. The number of carbonyl (C=O) groups excluding carboxylic acids is 2. The molecule has 0 saturated carbocycles. The first-order valence-electron chi connectivity index (χ1n) is 9.62. The maximum atomic E-state index is 12.9. The van der Waals surface area contributed by atoms with Gasteiger partial charge in [0.1, 0.15) is 11.3 Å². The lowest BCUT2D eigenvalue weighted by Gasteiger charge is -2.11. The Hall–Kier alpha value is -4.53. The number of rotatable bonds is 5. The number of amides is 1. The molecule has 32 heavy (non-hydrogen) atoms. The van der Waals surface area contributed by atoms with Gasteiger partial charge in [0.05, 0.1) is 18.9 Å². The van der Waals surface area contributed by atoms with Gasteiger partial charge in [-0.3, -0.25) is 4.79 Å². The van der Waals surface area contributed by atoms with E-state index in [1.54, 1.807) is 55.6 Å². The summed E-state index contributed by atoms with van der Waals surface area (Å²) in [7, 11) is 2.85. The first kappa shape index (κ1) is 20.7. The second kappa shape index (κ2) is 8.68. The predicted octanol–water partition coefficient (Wildman–Crippen LogP) is 4.73. The molecule has 1 amide bonds. The number of methoxy groups -OCH3 is 1. The molecule has 0 bridgehead atoms. The number of aromatic hydroxyl groups is 1. The summed E-state index contributed by atoms with van der Waals surface area (Å²) < 4.78 is 6.11. The lowest BCUT2D eigenvalue weighted by molar-refractivity contribution is 0.0601. The van der Waals surface area contributed by atoms with E-state index in [1.165, 1.54) is 18.0 Å². The normalized spacial score (nSPS) is 11.1. The standard InChI is InChI=1S/C23H19N5O4/c1-28-21(18(13-24-28)23(31)32-2)27-26-19-16-11-7-6-8-14(16)12-17(20(19)29)22(30)25-15-9-4-3-5-10-15/h3-13,29H,1-2H3,(H,25,30)/b27-26+. The lowest BCUT2D eigenvalue weighted by atomic mass is 10.0. The Labute approximate surface area is 183 Å². The Kier molecular flexibility index (Phi) is 5.63. The number of phenolic OH excluding ortho intramolecular Hbond substituents is 1. The minimum absolute atomic E-state index is 0.0414. The van der Waals surface area contributed by atoms with Crippen LogP contribution in [0.5, 0.6) is 5.75 Å². The van der Waals surface area contributed by atoms with Crippen LogP contribution in [0.2, 0.25) is 0 Å². The third kappa shape index (κ3) is 3.91. The number of aryl methyl sites for hydroxylation is 1. The summed E-state index contributed by atoms with van der Waals surface area (Å²) >= 11 is 0. The number of esters is 1. The van der Waals surface area contributed by atoms with E-state index in [1.807, 2.05) is 12.1 Å². The van der Waals surface area contributed by atoms with Crippen molar-refractivity contribution in [3.8, 4) is 5.75 Å². The summed E-state index contributed by atoms with van der Waals surface area (Å²) in [5, 5.41) is 27.3. The summed E-state index contributed by atoms with van der Waals surface area (Å²) in [6, 6.07) is 17.7. The van der Waals surface area contributed by atoms with Gasteiger partial charge in [0.2, 0.25) is 0 Å². The monoisotopic (exact) mass is 429 g/mol. The third-order valence-electron chi connectivity index (χ3n) is 4.83. The smallest absolute Gasteiger partial charge is 0.343 e. The number of nitrogens with zero attached hydrogens (tertiary/aromatic N) is 4. The summed E-state index contributed by atoms with van der Waals surface area (Å²) in [5.74, 6) is -1.29. The molecule has 1 aromatic heterocycles. The average molecular weight is 429 g/mol. The van der Waals surface area contributed by atoms with E-state index in [-0.39, 0.29) is 28.4 Å². The molecule has 4 aromatic rings. The number of para-hydroxylation sites is 1. The maximum absolute atomic E-state index is 12.9. The van der Waals surface area contributed by atoms with Crippen LogP contribution >= 0.6 is 0 Å². The highest BCUT2D eigenvalue weighted by Crippen LogP contribution is 2.39. The van der Waals surface area contributed by atoms with Crippen LogP contribution < -0.4 is 5.32 Å². The zero-order valence-electron chi connectivity index (χ0n) is 17.3. The van der Waals surface area contributed by atoms with Gasteiger partial charge in [-0.25, -0.2) is 9.48 Å². The Morgan fingerprint density at radius 1 is 1.03 bits per heavy atom. The average Bonchev–Trinajstić information content (AvgIpc) is 3.18. The second-order valence-corrected chi connectivity index (χ2v) is 6.86. The largest absolute Gasteiger partial charge is 0.505 e. The molecule has 0 atom stereocenters. The molecule has 0 unspecified atom stereocenters. The van der Waals surface area contributed by atoms with E-state index in [2.05, 4.69) is 20.6 Å². The molecule has 0 saturated heterocycles. The minimum Gasteiger partial charge on any atom is -0.505 e. The molecule has 0 radical (unpaired) electrons. The number of hydrogen-bond acceptors (Lipinski definition) is 7. The Bertz CT molecular complexity index is 1350. The van der Waals surface area contributed by atoms with Crippen LogP contribution in [0.15, 0.2) is 77.1 Å². The molecule has 0 spiro atoms. The number of fused-ring (bicyclic) bond motifs is 1. The summed E-state index contributed by atoms with van der Waals surface area (Å²) in [6.45, 7) is 0. The van der Waals surface area contributed by atoms with Crippen LogP contribution in [0.4, 0.5) is 17.2 Å². The van der Waals surface area contributed by atoms with Crippen LogP contribution in [0.1, 0.15) is 20.7 Å². The molecular weight excluding hydrogens is 410 g/mol. The number of nitrogens with one attached hydrogen (secondary N) is 1. The quantitative estimate of drug-likeness (QED) is 0.351. The van der Waals surface area contributed by atoms with Gasteiger partial charge in [-0.2, -0.15) is 5.10 Å². The minimum atomic E-state index is -0.614. The van der Waals surface area contributed by atoms with Gasteiger partial charge in [0.15, 0.2) is 11.6 Å². The molecule has 9 heteroatoms. The molecule has 3 aromatic carbocycles. The lowest BCUT2D eigenvalue weighted by Crippen LogP contribution is -2.12. The summed E-state index contributed by atoms with van der Waals surface area (Å²) in [5.41, 5.74) is 0.851. The van der Waals surface area contributed by atoms with Gasteiger partial charge < -0.3 is 15.2 Å². The van der Waals surface area contributed by atoms with Crippen molar-refractivity contribution in [3.05, 3.63) is 78.0 Å². The summed E-state index contributed by atoms with van der Waals surface area (Å²) in [6.07, 6.45) is 1.32. The number of carbonyl (C=O) groups is 2. The van der Waals surface area contributed by atoms with Gasteiger partial charge in [-0.15, -0.1) is 10.2 Å². The SMILES string of the molecule is COC(=O)c1cnn(C)c1/N=N/c1c(O)c(C(=O)Nc2ccccc2)cc2ccccc12. The fraction of sp³-hybridized carbons (Fsp3) is 0.0870. The number of azo groups is 1. The number of anilines is 1. The van der Waals surface area contributed by atoms with Crippen molar-refractivity contribution in [2.45, 2.75) is 0 Å². The highest BCUT2D eigenvalue weighted by molar-refractivity contribution is 6.11. The van der Waals surface area contributed by atoms with Crippen molar-refractivity contribution in [2.24, 2.45) is 17.3 Å². The van der Waals surface area contributed by atoms with Crippen LogP contribution in [0, 0.1) is 0 Å². The number of aromatic nitrogens is 2. The van der Waals surface area contributed by atoms with Crippen LogP contribution in [-0.2, 0) is 11.8 Å². The molecule has 4 rings (SSSR count). The molecule has 9 nitrogen and oxygen atoms in total. The van der Waals surface area contributed by atoms with E-state index in [0.717, 1.165) is 0 Å². The zero-order valence-corrected chi connectivity index (χ0v) is 17.3. The van der Waals surface area contributed by atoms with Crippen molar-refractivity contribution < 1.29 is 19.4 Å². The van der Waals surface area contributed by atoms with Crippen LogP contribution in [-0.4, -0.2) is 33.9 Å². The highest BCUT2D eigenvalue weighted by atomic mass is 16.5. The molecule has 1 heterocycles. The highest BCUT2D eigenvalue weighted by Gasteiger charge is 2.20. The number of hydrogen-bond donors (Lipinski definition) is 2. The first-order valence-corrected chi connectivity index (χ1v) is 9.62. The van der Waals surface area contributed by atoms with Crippen molar-refractivity contribution in [2.75, 3.05) is 12.4 Å². The fourth-order valence-corrected chi connectivity index (χ4v) is 3.21. The molecular formula is C23H19N5O4.